The van der Waals surface area contributed by atoms with Gasteiger partial charge >= 0.3 is 0 Å². The molecular weight excluding hydrogens is 244 g/mol. The van der Waals surface area contributed by atoms with Gasteiger partial charge in [-0.3, -0.25) is 4.79 Å². The molecule has 0 bridgehead atoms. The number of hydrogen-bond donors (Lipinski definition) is 2. The molecule has 1 rings (SSSR count). The Labute approximate surface area is 116 Å². The lowest BCUT2D eigenvalue weighted by Crippen LogP contribution is -2.75. The van der Waals surface area contributed by atoms with E-state index in [4.69, 9.17) is 0 Å². The Kier molecular flexibility index (Phi) is 4.35. The van der Waals surface area contributed by atoms with Gasteiger partial charge < -0.3 is 15.2 Å². The fourth-order valence-corrected chi connectivity index (χ4v) is 2.87. The Morgan fingerprint density at radius 3 is 2.11 bits per heavy atom. The molecule has 0 aromatic rings. The maximum Gasteiger partial charge on any atom is 0.246 e. The Bertz CT molecular complexity index is 349. The van der Waals surface area contributed by atoms with Crippen molar-refractivity contribution in [2.75, 3.05) is 13.2 Å². The SMILES string of the molecule is CCC1(CC)C(=O)N(C(C)(C)CO)CC(C)(C)N1O. The van der Waals surface area contributed by atoms with Crippen LogP contribution in [0.2, 0.25) is 0 Å². The lowest BCUT2D eigenvalue weighted by atomic mass is 9.80. The van der Waals surface area contributed by atoms with E-state index in [1.54, 1.807) is 4.90 Å². The Morgan fingerprint density at radius 2 is 1.74 bits per heavy atom. The number of aliphatic hydroxyl groups is 1. The summed E-state index contributed by atoms with van der Waals surface area (Å²) in [7, 11) is 0. The molecule has 1 fully saturated rings. The van der Waals surface area contributed by atoms with Gasteiger partial charge in [0.25, 0.3) is 0 Å². The monoisotopic (exact) mass is 272 g/mol. The molecule has 1 amide bonds. The largest absolute Gasteiger partial charge is 0.394 e. The molecule has 0 aromatic heterocycles. The van der Waals surface area contributed by atoms with Crippen molar-refractivity contribution in [2.24, 2.45) is 0 Å². The minimum Gasteiger partial charge on any atom is -0.394 e. The van der Waals surface area contributed by atoms with E-state index in [2.05, 4.69) is 0 Å². The quantitative estimate of drug-likeness (QED) is 0.816. The summed E-state index contributed by atoms with van der Waals surface area (Å²) in [5, 5.41) is 21.3. The number of amides is 1. The van der Waals surface area contributed by atoms with Crippen LogP contribution in [0.4, 0.5) is 0 Å². The summed E-state index contributed by atoms with van der Waals surface area (Å²) in [6.07, 6.45) is 1.08. The van der Waals surface area contributed by atoms with Crippen molar-refractivity contribution < 1.29 is 15.1 Å². The van der Waals surface area contributed by atoms with Gasteiger partial charge in [-0.25, -0.2) is 0 Å². The second-order valence-electron chi connectivity index (χ2n) is 6.72. The topological polar surface area (TPSA) is 64.0 Å². The molecule has 5 heteroatoms. The van der Waals surface area contributed by atoms with E-state index in [0.29, 0.717) is 19.4 Å². The van der Waals surface area contributed by atoms with Crippen LogP contribution in [-0.4, -0.2) is 56.0 Å². The van der Waals surface area contributed by atoms with Crippen LogP contribution in [0.5, 0.6) is 0 Å². The Morgan fingerprint density at radius 1 is 1.26 bits per heavy atom. The highest BCUT2D eigenvalue weighted by Crippen LogP contribution is 2.38. The molecule has 1 saturated heterocycles. The fraction of sp³-hybridized carbons (Fsp3) is 0.929. The number of hydroxylamine groups is 2. The van der Waals surface area contributed by atoms with Crippen molar-refractivity contribution >= 4 is 5.91 Å². The van der Waals surface area contributed by atoms with Crippen LogP contribution in [0.25, 0.3) is 0 Å². The zero-order chi connectivity index (χ0) is 15.1. The highest BCUT2D eigenvalue weighted by molar-refractivity contribution is 5.88. The lowest BCUT2D eigenvalue weighted by molar-refractivity contribution is -0.263. The highest BCUT2D eigenvalue weighted by atomic mass is 16.5. The molecule has 0 atom stereocenters. The van der Waals surface area contributed by atoms with Crippen LogP contribution in [0, 0.1) is 0 Å². The van der Waals surface area contributed by atoms with Crippen molar-refractivity contribution in [3.05, 3.63) is 0 Å². The normalized spacial score (nSPS) is 23.8. The number of carbonyl (C=O) groups excluding carboxylic acids is 1. The van der Waals surface area contributed by atoms with Crippen molar-refractivity contribution in [3.63, 3.8) is 0 Å². The molecular formula is C14H28N2O3. The van der Waals surface area contributed by atoms with E-state index in [1.165, 1.54) is 5.06 Å². The van der Waals surface area contributed by atoms with Crippen LogP contribution in [0.15, 0.2) is 0 Å². The standard InChI is InChI=1S/C14H28N2O3/c1-7-14(8-2)11(18)15(13(5,6)10-17)9-12(3,4)16(14)19/h17,19H,7-10H2,1-6H3. The summed E-state index contributed by atoms with van der Waals surface area (Å²) >= 11 is 0. The van der Waals surface area contributed by atoms with Gasteiger partial charge in [0.2, 0.25) is 5.91 Å². The zero-order valence-electron chi connectivity index (χ0n) is 13.0. The average Bonchev–Trinajstić information content (AvgIpc) is 2.36. The van der Waals surface area contributed by atoms with Gasteiger partial charge in [0, 0.05) is 6.54 Å². The number of hydrogen-bond acceptors (Lipinski definition) is 4. The van der Waals surface area contributed by atoms with Crippen molar-refractivity contribution in [1.82, 2.24) is 9.96 Å². The second kappa shape index (κ2) is 5.04. The first-order valence-corrected chi connectivity index (χ1v) is 7.01. The van der Waals surface area contributed by atoms with Gasteiger partial charge in [0.05, 0.1) is 17.7 Å². The molecule has 0 radical (unpaired) electrons. The molecule has 0 aromatic carbocycles. The number of piperazine rings is 1. The summed E-state index contributed by atoms with van der Waals surface area (Å²) in [5.74, 6) is -0.0987. The molecule has 1 heterocycles. The van der Waals surface area contributed by atoms with Crippen LogP contribution >= 0.6 is 0 Å². The first-order valence-electron chi connectivity index (χ1n) is 7.01. The van der Waals surface area contributed by atoms with Gasteiger partial charge in [-0.05, 0) is 40.5 Å². The van der Waals surface area contributed by atoms with E-state index in [9.17, 15) is 15.1 Å². The second-order valence-corrected chi connectivity index (χ2v) is 6.72. The van der Waals surface area contributed by atoms with Gasteiger partial charge in [0.15, 0.2) is 0 Å². The van der Waals surface area contributed by atoms with Gasteiger partial charge in [-0.15, -0.1) is 0 Å². The maximum absolute atomic E-state index is 12.8. The van der Waals surface area contributed by atoms with E-state index in [0.717, 1.165) is 0 Å². The minimum absolute atomic E-state index is 0.0935. The number of carbonyl (C=O) groups is 1. The van der Waals surface area contributed by atoms with E-state index >= 15 is 0 Å². The smallest absolute Gasteiger partial charge is 0.246 e. The van der Waals surface area contributed by atoms with Crippen LogP contribution in [0.3, 0.4) is 0 Å². The van der Waals surface area contributed by atoms with Gasteiger partial charge in [-0.1, -0.05) is 13.8 Å². The number of rotatable bonds is 4. The van der Waals surface area contributed by atoms with Crippen molar-refractivity contribution in [2.45, 2.75) is 71.0 Å². The average molecular weight is 272 g/mol. The van der Waals surface area contributed by atoms with Crippen molar-refractivity contribution in [3.8, 4) is 0 Å². The highest BCUT2D eigenvalue weighted by Gasteiger charge is 2.56. The van der Waals surface area contributed by atoms with Crippen LogP contribution < -0.4 is 0 Å². The number of aliphatic hydroxyl groups excluding tert-OH is 1. The maximum atomic E-state index is 12.8. The van der Waals surface area contributed by atoms with E-state index in [1.807, 2.05) is 41.5 Å². The van der Waals surface area contributed by atoms with E-state index in [-0.39, 0.29) is 12.5 Å². The molecule has 112 valence electrons. The predicted molar refractivity (Wildman–Crippen MR) is 73.9 cm³/mol. The molecule has 0 unspecified atom stereocenters. The lowest BCUT2D eigenvalue weighted by Gasteiger charge is -2.57. The summed E-state index contributed by atoms with van der Waals surface area (Å²) < 4.78 is 0. The Hall–Kier alpha value is -0.650. The van der Waals surface area contributed by atoms with Crippen LogP contribution in [-0.2, 0) is 4.79 Å². The first-order chi connectivity index (χ1) is 8.59. The third-order valence-corrected chi connectivity index (χ3v) is 4.45. The van der Waals surface area contributed by atoms with E-state index < -0.39 is 16.6 Å². The van der Waals surface area contributed by atoms with Crippen LogP contribution in [0.1, 0.15) is 54.4 Å². The molecule has 0 spiro atoms. The summed E-state index contributed by atoms with van der Waals surface area (Å²) in [5.41, 5.74) is -2.05. The minimum atomic E-state index is -0.895. The first kappa shape index (κ1) is 16.4. The predicted octanol–water partition coefficient (Wildman–Crippen LogP) is 1.63. The molecule has 0 aliphatic carbocycles. The third-order valence-electron chi connectivity index (χ3n) is 4.45. The summed E-state index contributed by atoms with van der Waals surface area (Å²) in [6, 6.07) is 0. The Balaban J connectivity index is 3.30. The molecule has 1 aliphatic rings. The molecule has 19 heavy (non-hydrogen) atoms. The fourth-order valence-electron chi connectivity index (χ4n) is 2.87. The van der Waals surface area contributed by atoms with Gasteiger partial charge in [0.1, 0.15) is 5.54 Å². The van der Waals surface area contributed by atoms with Gasteiger partial charge in [-0.2, -0.15) is 5.06 Å². The van der Waals surface area contributed by atoms with Crippen molar-refractivity contribution in [1.29, 1.82) is 0 Å². The summed E-state index contributed by atoms with van der Waals surface area (Å²) in [4.78, 5) is 14.5. The molecule has 2 N–H and O–H groups in total. The third kappa shape index (κ3) is 2.39. The zero-order valence-corrected chi connectivity index (χ0v) is 13.0. The molecule has 0 saturated carbocycles. The number of nitrogens with zero attached hydrogens (tertiary/aromatic N) is 2. The molecule has 1 aliphatic heterocycles. The molecule has 5 nitrogen and oxygen atoms in total. The summed E-state index contributed by atoms with van der Waals surface area (Å²) in [6.45, 7) is 11.7.